The Bertz CT molecular complexity index is 292. The summed E-state index contributed by atoms with van der Waals surface area (Å²) in [5.41, 5.74) is 0. The Labute approximate surface area is 128 Å². The van der Waals surface area contributed by atoms with Crippen molar-refractivity contribution in [2.75, 3.05) is 19.8 Å². The molecular weight excluding hydrogens is 270 g/mol. The summed E-state index contributed by atoms with van der Waals surface area (Å²) in [6.45, 7) is 5.97. The van der Waals surface area contributed by atoms with Crippen LogP contribution in [0.25, 0.3) is 0 Å². The van der Waals surface area contributed by atoms with Gasteiger partial charge in [0.1, 0.15) is 6.54 Å². The number of ether oxygens (including phenoxy) is 2. The third kappa shape index (κ3) is 14.7. The van der Waals surface area contributed by atoms with Gasteiger partial charge in [0.15, 0.2) is 0 Å². The van der Waals surface area contributed by atoms with Crippen LogP contribution in [-0.2, 0) is 14.3 Å². The Hall–Kier alpha value is -1.52. The number of hydrogen-bond donors (Lipinski definition) is 1. The van der Waals surface area contributed by atoms with Crippen molar-refractivity contribution in [2.45, 2.75) is 58.3 Å². The summed E-state index contributed by atoms with van der Waals surface area (Å²) in [4.78, 5) is 22.2. The van der Waals surface area contributed by atoms with Crippen LogP contribution >= 0.6 is 0 Å². The maximum absolute atomic E-state index is 11.3. The lowest BCUT2D eigenvalue weighted by molar-refractivity contribution is -0.142. The van der Waals surface area contributed by atoms with E-state index in [0.717, 1.165) is 19.3 Å². The second-order valence-corrected chi connectivity index (χ2v) is 4.85. The van der Waals surface area contributed by atoms with Crippen LogP contribution in [0.5, 0.6) is 0 Å². The van der Waals surface area contributed by atoms with Crippen molar-refractivity contribution in [2.24, 2.45) is 0 Å². The highest BCUT2D eigenvalue weighted by atomic mass is 16.6. The lowest BCUT2D eigenvalue weighted by atomic mass is 10.1. The summed E-state index contributed by atoms with van der Waals surface area (Å²) in [5, 5.41) is 2.33. The molecule has 0 aromatic rings. The summed E-state index contributed by atoms with van der Waals surface area (Å²) in [6.07, 6.45) is 10.6. The lowest BCUT2D eigenvalue weighted by Crippen LogP contribution is -2.31. The lowest BCUT2D eigenvalue weighted by Gasteiger charge is -2.06. The molecule has 0 aromatic heterocycles. The number of unbranched alkanes of at least 4 members (excludes halogenated alkanes) is 7. The summed E-state index contributed by atoms with van der Waals surface area (Å²) in [7, 11) is 0. The highest BCUT2D eigenvalue weighted by Crippen LogP contribution is 2.08. The molecule has 21 heavy (non-hydrogen) atoms. The number of allylic oxidation sites excluding steroid dienone is 1. The Morgan fingerprint density at radius 2 is 1.62 bits per heavy atom. The van der Waals surface area contributed by atoms with Crippen LogP contribution in [0.1, 0.15) is 58.3 Å². The number of hydrogen-bond acceptors (Lipinski definition) is 4. The molecule has 1 amide bonds. The quantitative estimate of drug-likeness (QED) is 0.321. The monoisotopic (exact) mass is 299 g/mol. The third-order valence-corrected chi connectivity index (χ3v) is 2.97. The van der Waals surface area contributed by atoms with E-state index in [2.05, 4.69) is 16.6 Å². The molecule has 0 unspecified atom stereocenters. The first kappa shape index (κ1) is 19.5. The van der Waals surface area contributed by atoms with Crippen LogP contribution in [0.3, 0.4) is 0 Å². The predicted octanol–water partition coefficient (Wildman–Crippen LogP) is 3.58. The minimum atomic E-state index is -0.592. The number of alkyl carbamates (subject to hydrolysis) is 1. The minimum Gasteiger partial charge on any atom is -0.464 e. The molecule has 0 saturated heterocycles. The molecule has 0 aliphatic carbocycles. The van der Waals surface area contributed by atoms with Crippen molar-refractivity contribution >= 4 is 12.1 Å². The van der Waals surface area contributed by atoms with Crippen molar-refractivity contribution in [1.82, 2.24) is 5.32 Å². The zero-order valence-corrected chi connectivity index (χ0v) is 13.2. The van der Waals surface area contributed by atoms with Gasteiger partial charge in [-0.05, 0) is 26.2 Å². The molecule has 0 bridgehead atoms. The van der Waals surface area contributed by atoms with E-state index in [1.807, 2.05) is 6.08 Å². The zero-order chi connectivity index (χ0) is 15.8. The van der Waals surface area contributed by atoms with Crippen molar-refractivity contribution < 1.29 is 19.1 Å². The molecule has 0 aromatic carbocycles. The van der Waals surface area contributed by atoms with Gasteiger partial charge >= 0.3 is 12.1 Å². The van der Waals surface area contributed by atoms with Crippen molar-refractivity contribution in [3.63, 3.8) is 0 Å². The maximum atomic E-state index is 11.3. The second kappa shape index (κ2) is 14.9. The van der Waals surface area contributed by atoms with Gasteiger partial charge in [-0.2, -0.15) is 0 Å². The molecule has 0 saturated carbocycles. The molecule has 0 radical (unpaired) electrons. The maximum Gasteiger partial charge on any atom is 0.407 e. The summed E-state index contributed by atoms with van der Waals surface area (Å²) in [6, 6.07) is 0. The van der Waals surface area contributed by atoms with E-state index in [4.69, 9.17) is 4.74 Å². The smallest absolute Gasteiger partial charge is 0.407 e. The van der Waals surface area contributed by atoms with E-state index in [1.54, 1.807) is 6.92 Å². The number of esters is 1. The summed E-state index contributed by atoms with van der Waals surface area (Å²) in [5.74, 6) is -0.424. The first-order chi connectivity index (χ1) is 10.2. The number of rotatable bonds is 13. The molecule has 0 rings (SSSR count). The fourth-order valence-electron chi connectivity index (χ4n) is 1.84. The molecule has 5 heteroatoms. The number of nitrogens with one attached hydrogen (secondary N) is 1. The fraction of sp³-hybridized carbons (Fsp3) is 0.750. The molecule has 0 atom stereocenters. The van der Waals surface area contributed by atoms with Gasteiger partial charge in [0.25, 0.3) is 0 Å². The van der Waals surface area contributed by atoms with Gasteiger partial charge in [-0.25, -0.2) is 4.79 Å². The van der Waals surface area contributed by atoms with E-state index in [9.17, 15) is 9.59 Å². The SMILES string of the molecule is C=CCCCCCCCCCOC(=O)CNC(=O)OCC. The topological polar surface area (TPSA) is 64.6 Å². The van der Waals surface area contributed by atoms with Crippen LogP contribution in [0, 0.1) is 0 Å². The standard InChI is InChI=1S/C16H29NO4/c1-3-5-6-7-8-9-10-11-12-13-21-15(18)14-17-16(19)20-4-2/h3H,1,4-14H2,2H3,(H,17,19). The zero-order valence-electron chi connectivity index (χ0n) is 13.2. The second-order valence-electron chi connectivity index (χ2n) is 4.85. The van der Waals surface area contributed by atoms with Crippen molar-refractivity contribution in [3.05, 3.63) is 12.7 Å². The van der Waals surface area contributed by atoms with Gasteiger partial charge in [-0.1, -0.05) is 38.2 Å². The van der Waals surface area contributed by atoms with Crippen LogP contribution < -0.4 is 5.32 Å². The van der Waals surface area contributed by atoms with E-state index in [-0.39, 0.29) is 13.2 Å². The third-order valence-electron chi connectivity index (χ3n) is 2.97. The Morgan fingerprint density at radius 1 is 1.00 bits per heavy atom. The molecule has 0 heterocycles. The largest absolute Gasteiger partial charge is 0.464 e. The van der Waals surface area contributed by atoms with E-state index >= 15 is 0 Å². The van der Waals surface area contributed by atoms with Gasteiger partial charge in [0.2, 0.25) is 0 Å². The van der Waals surface area contributed by atoms with Crippen LogP contribution in [-0.4, -0.2) is 31.8 Å². The van der Waals surface area contributed by atoms with Gasteiger partial charge in [-0.15, -0.1) is 6.58 Å². The Kier molecular flexibility index (Phi) is 13.8. The minimum absolute atomic E-state index is 0.137. The van der Waals surface area contributed by atoms with Crippen LogP contribution in [0.2, 0.25) is 0 Å². The van der Waals surface area contributed by atoms with E-state index in [1.165, 1.54) is 32.1 Å². The van der Waals surface area contributed by atoms with Gasteiger partial charge < -0.3 is 14.8 Å². The van der Waals surface area contributed by atoms with Gasteiger partial charge in [0, 0.05) is 0 Å². The highest BCUT2D eigenvalue weighted by molar-refractivity contribution is 5.77. The molecule has 0 fully saturated rings. The van der Waals surface area contributed by atoms with Crippen molar-refractivity contribution in [1.29, 1.82) is 0 Å². The summed E-state index contributed by atoms with van der Waals surface area (Å²) >= 11 is 0. The molecular formula is C16H29NO4. The Morgan fingerprint density at radius 3 is 2.24 bits per heavy atom. The number of carbonyl (C=O) groups excluding carboxylic acids is 2. The predicted molar refractivity (Wildman–Crippen MR) is 83.1 cm³/mol. The number of carbonyl (C=O) groups is 2. The highest BCUT2D eigenvalue weighted by Gasteiger charge is 2.06. The van der Waals surface area contributed by atoms with Crippen LogP contribution in [0.15, 0.2) is 12.7 Å². The first-order valence-electron chi connectivity index (χ1n) is 7.87. The molecule has 0 aliphatic heterocycles. The number of amides is 1. The normalized spacial score (nSPS) is 9.95. The molecule has 0 aliphatic rings. The molecule has 1 N–H and O–H groups in total. The Balaban J connectivity index is 3.25. The van der Waals surface area contributed by atoms with E-state index < -0.39 is 12.1 Å². The van der Waals surface area contributed by atoms with E-state index in [0.29, 0.717) is 6.61 Å². The van der Waals surface area contributed by atoms with Gasteiger partial charge in [-0.3, -0.25) is 4.79 Å². The average molecular weight is 299 g/mol. The average Bonchev–Trinajstić information content (AvgIpc) is 2.47. The van der Waals surface area contributed by atoms with Crippen LogP contribution in [0.4, 0.5) is 4.79 Å². The molecule has 0 spiro atoms. The van der Waals surface area contributed by atoms with Gasteiger partial charge in [0.05, 0.1) is 13.2 Å². The molecule has 122 valence electrons. The summed E-state index contributed by atoms with van der Waals surface area (Å²) < 4.78 is 9.64. The molecule has 5 nitrogen and oxygen atoms in total. The first-order valence-corrected chi connectivity index (χ1v) is 7.87. The van der Waals surface area contributed by atoms with Crippen molar-refractivity contribution in [3.8, 4) is 0 Å². The fourth-order valence-corrected chi connectivity index (χ4v) is 1.84.